The summed E-state index contributed by atoms with van der Waals surface area (Å²) in [6, 6.07) is 8.03. The lowest BCUT2D eigenvalue weighted by Gasteiger charge is -2.10. The molecule has 0 fully saturated rings. The van der Waals surface area contributed by atoms with Crippen molar-refractivity contribution in [3.8, 4) is 0 Å². The molecule has 0 saturated heterocycles. The van der Waals surface area contributed by atoms with E-state index in [0.717, 1.165) is 5.69 Å². The van der Waals surface area contributed by atoms with Gasteiger partial charge < -0.3 is 5.73 Å². The zero-order valence-corrected chi connectivity index (χ0v) is 12.4. The van der Waals surface area contributed by atoms with Crippen LogP contribution in [-0.4, -0.2) is 13.4 Å². The van der Waals surface area contributed by atoms with Crippen LogP contribution in [0, 0.1) is 6.92 Å². The number of hydrogen-bond acceptors (Lipinski definition) is 4. The third-order valence-corrected chi connectivity index (χ3v) is 4.55. The van der Waals surface area contributed by atoms with Gasteiger partial charge in [-0.15, -0.1) is 0 Å². The molecule has 0 amide bonds. The van der Waals surface area contributed by atoms with Crippen LogP contribution in [0.3, 0.4) is 0 Å². The van der Waals surface area contributed by atoms with Crippen LogP contribution in [0.25, 0.3) is 0 Å². The van der Waals surface area contributed by atoms with Crippen LogP contribution in [0.1, 0.15) is 11.3 Å². The number of rotatable bonds is 4. The summed E-state index contributed by atoms with van der Waals surface area (Å²) >= 11 is 5.95. The van der Waals surface area contributed by atoms with Crippen LogP contribution < -0.4 is 10.5 Å². The topological polar surface area (TPSA) is 85.1 Å². The molecule has 0 aliphatic rings. The van der Waals surface area contributed by atoms with E-state index in [4.69, 9.17) is 17.3 Å². The van der Waals surface area contributed by atoms with Gasteiger partial charge in [-0.1, -0.05) is 17.7 Å². The molecule has 20 heavy (non-hydrogen) atoms. The van der Waals surface area contributed by atoms with E-state index in [9.17, 15) is 8.42 Å². The van der Waals surface area contributed by atoms with E-state index in [-0.39, 0.29) is 16.5 Å². The SMILES string of the molecule is Cc1ccc(NS(=O)(=O)c2cc(CN)ccc2Cl)cn1. The van der Waals surface area contributed by atoms with E-state index in [1.165, 1.54) is 18.3 Å². The van der Waals surface area contributed by atoms with Gasteiger partial charge in [-0.3, -0.25) is 9.71 Å². The van der Waals surface area contributed by atoms with Gasteiger partial charge in [0.25, 0.3) is 10.0 Å². The van der Waals surface area contributed by atoms with Crippen LogP contribution >= 0.6 is 11.6 Å². The van der Waals surface area contributed by atoms with Crippen molar-refractivity contribution in [1.82, 2.24) is 4.98 Å². The van der Waals surface area contributed by atoms with Gasteiger partial charge in [0.1, 0.15) is 4.90 Å². The Labute approximate surface area is 122 Å². The van der Waals surface area contributed by atoms with E-state index in [0.29, 0.717) is 11.3 Å². The standard InChI is InChI=1S/C13H14ClN3O2S/c1-9-2-4-11(8-16-9)17-20(18,19)13-6-10(7-15)3-5-12(13)14/h2-6,8,17H,7,15H2,1H3. The lowest BCUT2D eigenvalue weighted by atomic mass is 10.2. The number of aryl methyl sites for hydroxylation is 1. The predicted molar refractivity (Wildman–Crippen MR) is 79.1 cm³/mol. The molecule has 0 aliphatic carbocycles. The molecule has 5 nitrogen and oxygen atoms in total. The molecule has 0 saturated carbocycles. The van der Waals surface area contributed by atoms with Gasteiger partial charge in [0.15, 0.2) is 0 Å². The average Bonchev–Trinajstić information content (AvgIpc) is 2.41. The van der Waals surface area contributed by atoms with Gasteiger partial charge in [0.05, 0.1) is 16.9 Å². The summed E-state index contributed by atoms with van der Waals surface area (Å²) in [6.07, 6.45) is 1.45. The van der Waals surface area contributed by atoms with Crippen molar-refractivity contribution in [3.05, 3.63) is 52.8 Å². The van der Waals surface area contributed by atoms with E-state index >= 15 is 0 Å². The number of aromatic nitrogens is 1. The molecule has 3 N–H and O–H groups in total. The summed E-state index contributed by atoms with van der Waals surface area (Å²) < 4.78 is 27.1. The van der Waals surface area contributed by atoms with Gasteiger partial charge in [-0.05, 0) is 36.8 Å². The summed E-state index contributed by atoms with van der Waals surface area (Å²) in [5, 5.41) is 0.148. The maximum atomic E-state index is 12.3. The molecule has 106 valence electrons. The molecule has 0 radical (unpaired) electrons. The first-order valence-corrected chi connectivity index (χ1v) is 7.72. The molecular formula is C13H14ClN3O2S. The van der Waals surface area contributed by atoms with Gasteiger partial charge in [0, 0.05) is 12.2 Å². The molecule has 0 atom stereocenters. The lowest BCUT2D eigenvalue weighted by Crippen LogP contribution is -2.14. The molecule has 1 aromatic carbocycles. The monoisotopic (exact) mass is 311 g/mol. The minimum Gasteiger partial charge on any atom is -0.326 e. The first-order valence-electron chi connectivity index (χ1n) is 5.86. The molecule has 1 aromatic heterocycles. The molecule has 2 aromatic rings. The van der Waals surface area contributed by atoms with Crippen molar-refractivity contribution in [3.63, 3.8) is 0 Å². The van der Waals surface area contributed by atoms with Crippen LogP contribution in [0.2, 0.25) is 5.02 Å². The van der Waals surface area contributed by atoms with E-state index in [1.807, 2.05) is 6.92 Å². The summed E-state index contributed by atoms with van der Waals surface area (Å²) in [6.45, 7) is 2.06. The Balaban J connectivity index is 2.37. The predicted octanol–water partition coefficient (Wildman–Crippen LogP) is 2.30. The molecular weight excluding hydrogens is 298 g/mol. The molecule has 7 heteroatoms. The summed E-state index contributed by atoms with van der Waals surface area (Å²) in [5.74, 6) is 0. The summed E-state index contributed by atoms with van der Waals surface area (Å²) in [7, 11) is -3.77. The highest BCUT2D eigenvalue weighted by molar-refractivity contribution is 7.92. The van der Waals surface area contributed by atoms with Gasteiger partial charge in [0.2, 0.25) is 0 Å². The van der Waals surface area contributed by atoms with Crippen LogP contribution in [-0.2, 0) is 16.6 Å². The van der Waals surface area contributed by atoms with Crippen LogP contribution in [0.15, 0.2) is 41.4 Å². The number of halogens is 1. The first kappa shape index (κ1) is 14.8. The fraction of sp³-hybridized carbons (Fsp3) is 0.154. The highest BCUT2D eigenvalue weighted by atomic mass is 35.5. The molecule has 0 spiro atoms. The zero-order valence-electron chi connectivity index (χ0n) is 10.8. The third-order valence-electron chi connectivity index (χ3n) is 2.68. The average molecular weight is 312 g/mol. The van der Waals surface area contributed by atoms with Gasteiger partial charge in [-0.2, -0.15) is 0 Å². The van der Waals surface area contributed by atoms with Crippen LogP contribution in [0.5, 0.6) is 0 Å². The van der Waals surface area contributed by atoms with E-state index < -0.39 is 10.0 Å². The van der Waals surface area contributed by atoms with Crippen LogP contribution in [0.4, 0.5) is 5.69 Å². The fourth-order valence-corrected chi connectivity index (χ4v) is 3.21. The number of nitrogens with zero attached hydrogens (tertiary/aromatic N) is 1. The Hall–Kier alpha value is -1.63. The zero-order chi connectivity index (χ0) is 14.8. The second-order valence-corrected chi connectivity index (χ2v) is 6.32. The lowest BCUT2D eigenvalue weighted by molar-refractivity contribution is 0.601. The van der Waals surface area contributed by atoms with Crippen molar-refractivity contribution >= 4 is 27.3 Å². The van der Waals surface area contributed by atoms with Gasteiger partial charge in [-0.25, -0.2) is 8.42 Å². The van der Waals surface area contributed by atoms with Crippen molar-refractivity contribution < 1.29 is 8.42 Å². The molecule has 2 rings (SSSR count). The number of nitrogens with one attached hydrogen (secondary N) is 1. The number of nitrogens with two attached hydrogens (primary N) is 1. The normalized spacial score (nSPS) is 11.3. The largest absolute Gasteiger partial charge is 0.326 e. The highest BCUT2D eigenvalue weighted by Gasteiger charge is 2.18. The minimum atomic E-state index is -3.77. The van der Waals surface area contributed by atoms with Crippen molar-refractivity contribution in [2.24, 2.45) is 5.73 Å². The molecule has 0 bridgehead atoms. The quantitative estimate of drug-likeness (QED) is 0.907. The fourth-order valence-electron chi connectivity index (χ4n) is 1.62. The maximum absolute atomic E-state index is 12.3. The molecule has 1 heterocycles. The number of hydrogen-bond donors (Lipinski definition) is 2. The Kier molecular flexibility index (Phi) is 4.27. The maximum Gasteiger partial charge on any atom is 0.263 e. The first-order chi connectivity index (χ1) is 9.42. The Morgan fingerprint density at radius 1 is 1.30 bits per heavy atom. The number of benzene rings is 1. The second kappa shape index (κ2) is 5.78. The van der Waals surface area contributed by atoms with Crippen molar-refractivity contribution in [2.45, 2.75) is 18.4 Å². The Morgan fingerprint density at radius 3 is 2.65 bits per heavy atom. The third kappa shape index (κ3) is 3.27. The summed E-state index contributed by atoms with van der Waals surface area (Å²) in [5.41, 5.74) is 7.39. The van der Waals surface area contributed by atoms with Gasteiger partial charge >= 0.3 is 0 Å². The summed E-state index contributed by atoms with van der Waals surface area (Å²) in [4.78, 5) is 4.04. The van der Waals surface area contributed by atoms with Crippen molar-refractivity contribution in [2.75, 3.05) is 4.72 Å². The number of pyridine rings is 1. The molecule has 0 unspecified atom stereocenters. The van der Waals surface area contributed by atoms with Crippen molar-refractivity contribution in [1.29, 1.82) is 0 Å². The smallest absolute Gasteiger partial charge is 0.263 e. The Bertz CT molecular complexity index is 715. The minimum absolute atomic E-state index is 0.00249. The number of anilines is 1. The highest BCUT2D eigenvalue weighted by Crippen LogP contribution is 2.24. The second-order valence-electron chi connectivity index (χ2n) is 4.26. The van der Waals surface area contributed by atoms with E-state index in [1.54, 1.807) is 18.2 Å². The Morgan fingerprint density at radius 2 is 2.05 bits per heavy atom. The number of sulfonamides is 1. The molecule has 0 aliphatic heterocycles. The van der Waals surface area contributed by atoms with E-state index in [2.05, 4.69) is 9.71 Å².